The van der Waals surface area contributed by atoms with Gasteiger partial charge in [0.25, 0.3) is 0 Å². The van der Waals surface area contributed by atoms with E-state index in [1.807, 2.05) is 12.1 Å². The van der Waals surface area contributed by atoms with Crippen LogP contribution in [0.15, 0.2) is 24.3 Å². The molecule has 2 nitrogen and oxygen atoms in total. The second-order valence-electron chi connectivity index (χ2n) is 5.19. The van der Waals surface area contributed by atoms with Gasteiger partial charge in [0.2, 0.25) is 0 Å². The van der Waals surface area contributed by atoms with Crippen LogP contribution in [0.5, 0.6) is 0 Å². The summed E-state index contributed by atoms with van der Waals surface area (Å²) in [6, 6.07) is 6.57. The van der Waals surface area contributed by atoms with Crippen molar-refractivity contribution in [3.05, 3.63) is 35.6 Å². The zero-order valence-electron chi connectivity index (χ0n) is 10.3. The Morgan fingerprint density at radius 3 is 2.24 bits per heavy atom. The second kappa shape index (κ2) is 4.75. The summed E-state index contributed by atoms with van der Waals surface area (Å²) in [5.41, 5.74) is 0.925. The van der Waals surface area contributed by atoms with E-state index in [9.17, 15) is 9.50 Å². The summed E-state index contributed by atoms with van der Waals surface area (Å²) < 4.78 is 18.3. The van der Waals surface area contributed by atoms with Crippen molar-refractivity contribution in [1.29, 1.82) is 0 Å². The van der Waals surface area contributed by atoms with Crippen LogP contribution in [0.2, 0.25) is 0 Å². The van der Waals surface area contributed by atoms with E-state index in [1.165, 1.54) is 12.1 Å². The van der Waals surface area contributed by atoms with Gasteiger partial charge in [-0.1, -0.05) is 26.0 Å². The van der Waals surface area contributed by atoms with E-state index in [0.717, 1.165) is 5.56 Å². The fraction of sp³-hybridized carbons (Fsp3) is 0.571. The molecule has 1 fully saturated rings. The van der Waals surface area contributed by atoms with E-state index in [4.69, 9.17) is 4.74 Å². The van der Waals surface area contributed by atoms with Gasteiger partial charge in [-0.3, -0.25) is 0 Å². The lowest BCUT2D eigenvalue weighted by atomic mass is 9.65. The van der Waals surface area contributed by atoms with Crippen LogP contribution in [0.4, 0.5) is 4.39 Å². The smallest absolute Gasteiger partial charge is 0.123 e. The molecule has 0 bridgehead atoms. The summed E-state index contributed by atoms with van der Waals surface area (Å²) in [5.74, 6) is 0.296. The van der Waals surface area contributed by atoms with E-state index in [0.29, 0.717) is 19.1 Å². The van der Waals surface area contributed by atoms with E-state index >= 15 is 0 Å². The van der Waals surface area contributed by atoms with Crippen LogP contribution < -0.4 is 0 Å². The number of halogens is 1. The Labute approximate surface area is 101 Å². The van der Waals surface area contributed by atoms with Crippen molar-refractivity contribution in [1.82, 2.24) is 0 Å². The minimum absolute atomic E-state index is 0.137. The summed E-state index contributed by atoms with van der Waals surface area (Å²) >= 11 is 0. The summed E-state index contributed by atoms with van der Waals surface area (Å²) in [7, 11) is 0. The van der Waals surface area contributed by atoms with E-state index in [1.54, 1.807) is 0 Å². The van der Waals surface area contributed by atoms with Crippen LogP contribution in [0, 0.1) is 17.7 Å². The quantitative estimate of drug-likeness (QED) is 0.872. The zero-order valence-corrected chi connectivity index (χ0v) is 10.3. The third kappa shape index (κ3) is 2.09. The molecule has 1 aliphatic heterocycles. The van der Waals surface area contributed by atoms with E-state index in [-0.39, 0.29) is 23.8 Å². The number of aliphatic hydroxyl groups excluding tert-OH is 1. The van der Waals surface area contributed by atoms with Crippen molar-refractivity contribution in [2.45, 2.75) is 19.3 Å². The first-order chi connectivity index (χ1) is 8.10. The number of ether oxygens (including phenoxy) is 1. The van der Waals surface area contributed by atoms with Gasteiger partial charge in [0, 0.05) is 12.0 Å². The van der Waals surface area contributed by atoms with Gasteiger partial charge in [-0.25, -0.2) is 4.39 Å². The molecule has 1 aromatic rings. The minimum atomic E-state index is -0.228. The highest BCUT2D eigenvalue weighted by Crippen LogP contribution is 2.42. The van der Waals surface area contributed by atoms with Crippen LogP contribution >= 0.6 is 0 Å². The van der Waals surface area contributed by atoms with Crippen LogP contribution in [0.3, 0.4) is 0 Å². The summed E-state index contributed by atoms with van der Waals surface area (Å²) in [4.78, 5) is 0. The van der Waals surface area contributed by atoms with Crippen molar-refractivity contribution in [2.75, 3.05) is 19.8 Å². The molecule has 1 N–H and O–H groups in total. The molecule has 0 amide bonds. The summed E-state index contributed by atoms with van der Waals surface area (Å²) in [6.07, 6.45) is 0. The van der Waals surface area contributed by atoms with Crippen molar-refractivity contribution < 1.29 is 14.2 Å². The highest BCUT2D eigenvalue weighted by Gasteiger charge is 2.47. The predicted molar refractivity (Wildman–Crippen MR) is 64.3 cm³/mol. The van der Waals surface area contributed by atoms with Gasteiger partial charge in [-0.15, -0.1) is 0 Å². The standard InChI is InChI=1S/C14H19FO2/c1-10(2)13(7-16)14(8-17-9-14)11-3-5-12(15)6-4-11/h3-6,10,13,16H,7-9H2,1-2H3. The first-order valence-electron chi connectivity index (χ1n) is 6.05. The Morgan fingerprint density at radius 2 is 1.88 bits per heavy atom. The monoisotopic (exact) mass is 238 g/mol. The third-order valence-corrected chi connectivity index (χ3v) is 3.85. The molecule has 1 aliphatic rings. The van der Waals surface area contributed by atoms with Crippen LogP contribution in [0.1, 0.15) is 19.4 Å². The molecule has 0 radical (unpaired) electrons. The average molecular weight is 238 g/mol. The number of hydrogen-bond acceptors (Lipinski definition) is 2. The largest absolute Gasteiger partial charge is 0.396 e. The molecule has 94 valence electrons. The maximum absolute atomic E-state index is 13.0. The van der Waals surface area contributed by atoms with Crippen molar-refractivity contribution in [3.63, 3.8) is 0 Å². The van der Waals surface area contributed by atoms with Crippen molar-refractivity contribution >= 4 is 0 Å². The number of aliphatic hydroxyl groups is 1. The molecular formula is C14H19FO2. The highest BCUT2D eigenvalue weighted by atomic mass is 19.1. The Kier molecular flexibility index (Phi) is 3.50. The van der Waals surface area contributed by atoms with E-state index < -0.39 is 0 Å². The van der Waals surface area contributed by atoms with Gasteiger partial charge in [-0.05, 0) is 29.5 Å². The van der Waals surface area contributed by atoms with Crippen LogP contribution in [-0.4, -0.2) is 24.9 Å². The van der Waals surface area contributed by atoms with Gasteiger partial charge < -0.3 is 9.84 Å². The van der Waals surface area contributed by atoms with Crippen LogP contribution in [0.25, 0.3) is 0 Å². The molecule has 0 spiro atoms. The van der Waals surface area contributed by atoms with Crippen molar-refractivity contribution in [3.8, 4) is 0 Å². The number of rotatable bonds is 4. The Balaban J connectivity index is 2.33. The molecule has 1 saturated heterocycles. The fourth-order valence-electron chi connectivity index (χ4n) is 2.72. The van der Waals surface area contributed by atoms with Gasteiger partial charge in [0.05, 0.1) is 13.2 Å². The molecule has 3 heteroatoms. The Morgan fingerprint density at radius 1 is 1.29 bits per heavy atom. The predicted octanol–water partition coefficient (Wildman–Crippen LogP) is 2.36. The lowest BCUT2D eigenvalue weighted by Crippen LogP contribution is -2.55. The molecule has 1 atom stereocenters. The van der Waals surface area contributed by atoms with Gasteiger partial charge >= 0.3 is 0 Å². The molecular weight excluding hydrogens is 219 g/mol. The maximum Gasteiger partial charge on any atom is 0.123 e. The summed E-state index contributed by atoms with van der Waals surface area (Å²) in [5, 5.41) is 9.58. The second-order valence-corrected chi connectivity index (χ2v) is 5.19. The van der Waals surface area contributed by atoms with Crippen LogP contribution in [-0.2, 0) is 10.2 Å². The Bertz CT molecular complexity index is 368. The third-order valence-electron chi connectivity index (χ3n) is 3.85. The Hall–Kier alpha value is -0.930. The van der Waals surface area contributed by atoms with Gasteiger partial charge in [0.15, 0.2) is 0 Å². The van der Waals surface area contributed by atoms with Crippen molar-refractivity contribution in [2.24, 2.45) is 11.8 Å². The fourth-order valence-corrected chi connectivity index (χ4v) is 2.72. The molecule has 2 rings (SSSR count). The lowest BCUT2D eigenvalue weighted by Gasteiger charge is -2.48. The molecule has 1 aromatic carbocycles. The average Bonchev–Trinajstić information content (AvgIpc) is 2.24. The SMILES string of the molecule is CC(C)C(CO)C1(c2ccc(F)cc2)COC1. The molecule has 1 heterocycles. The zero-order chi connectivity index (χ0) is 12.5. The molecule has 0 aromatic heterocycles. The normalized spacial score (nSPS) is 20.1. The lowest BCUT2D eigenvalue weighted by molar-refractivity contribution is -0.111. The first kappa shape index (κ1) is 12.5. The first-order valence-corrected chi connectivity index (χ1v) is 6.05. The van der Waals surface area contributed by atoms with Gasteiger partial charge in [-0.2, -0.15) is 0 Å². The van der Waals surface area contributed by atoms with E-state index in [2.05, 4.69) is 13.8 Å². The summed E-state index contributed by atoms with van der Waals surface area (Å²) in [6.45, 7) is 5.57. The number of benzene rings is 1. The highest BCUT2D eigenvalue weighted by molar-refractivity contribution is 5.30. The molecule has 0 aliphatic carbocycles. The molecule has 17 heavy (non-hydrogen) atoms. The minimum Gasteiger partial charge on any atom is -0.396 e. The maximum atomic E-state index is 13.0. The number of hydrogen-bond donors (Lipinski definition) is 1. The topological polar surface area (TPSA) is 29.5 Å². The molecule has 1 unspecified atom stereocenters. The molecule has 0 saturated carbocycles. The van der Waals surface area contributed by atoms with Gasteiger partial charge in [0.1, 0.15) is 5.82 Å².